The fraction of sp³-hybridized carbons (Fsp3) is 0.316. The molecule has 25 heavy (non-hydrogen) atoms. The molecule has 0 aliphatic carbocycles. The minimum absolute atomic E-state index is 0.0235. The number of nitrogens with one attached hydrogen (secondary N) is 2. The first-order valence-corrected chi connectivity index (χ1v) is 9.41. The zero-order chi connectivity index (χ0) is 17.9. The Labute approximate surface area is 158 Å². The molecule has 1 amide bonds. The van der Waals surface area contributed by atoms with E-state index in [4.69, 9.17) is 16.3 Å². The summed E-state index contributed by atoms with van der Waals surface area (Å²) in [5.74, 6) is -0.0235. The molecule has 134 valence electrons. The zero-order valence-electron chi connectivity index (χ0n) is 14.2. The van der Waals surface area contributed by atoms with E-state index < -0.39 is 0 Å². The quantitative estimate of drug-likeness (QED) is 0.490. The Bertz CT molecular complexity index is 655. The number of carbonyl (C=O) groups is 1. The summed E-state index contributed by atoms with van der Waals surface area (Å²) in [6, 6.07) is 17.3. The van der Waals surface area contributed by atoms with Gasteiger partial charge in [-0.1, -0.05) is 54.1 Å². The van der Waals surface area contributed by atoms with Crippen molar-refractivity contribution < 1.29 is 9.53 Å². The minimum atomic E-state index is -0.347. The lowest BCUT2D eigenvalue weighted by Gasteiger charge is -2.18. The third kappa shape index (κ3) is 6.71. The van der Waals surface area contributed by atoms with Gasteiger partial charge in [0.1, 0.15) is 5.25 Å². The largest absolute Gasteiger partial charge is 0.383 e. The van der Waals surface area contributed by atoms with Gasteiger partial charge in [-0.2, -0.15) is 0 Å². The van der Waals surface area contributed by atoms with Gasteiger partial charge in [0.2, 0.25) is 5.91 Å². The minimum Gasteiger partial charge on any atom is -0.383 e. The van der Waals surface area contributed by atoms with Gasteiger partial charge in [-0.05, 0) is 17.7 Å². The molecule has 2 aromatic carbocycles. The maximum atomic E-state index is 12.7. The molecular weight excluding hydrogens is 356 g/mol. The SMILES string of the molecule is COCCNCCNC(=O)C(Sc1ccccc1Cl)c1ccccc1. The molecule has 1 atom stereocenters. The Morgan fingerprint density at radius 1 is 1.08 bits per heavy atom. The van der Waals surface area contributed by atoms with Crippen molar-refractivity contribution in [3.63, 3.8) is 0 Å². The topological polar surface area (TPSA) is 50.4 Å². The predicted molar refractivity (Wildman–Crippen MR) is 104 cm³/mol. The van der Waals surface area contributed by atoms with Gasteiger partial charge in [-0.15, -0.1) is 11.8 Å². The number of hydrogen-bond acceptors (Lipinski definition) is 4. The number of amides is 1. The number of hydrogen-bond donors (Lipinski definition) is 2. The summed E-state index contributed by atoms with van der Waals surface area (Å²) in [5.41, 5.74) is 0.956. The number of benzene rings is 2. The van der Waals surface area contributed by atoms with Crippen LogP contribution >= 0.6 is 23.4 Å². The Hall–Kier alpha value is -1.53. The number of methoxy groups -OCH3 is 1. The summed E-state index contributed by atoms with van der Waals surface area (Å²) >= 11 is 7.73. The highest BCUT2D eigenvalue weighted by atomic mass is 35.5. The molecular formula is C19H23ClN2O2S. The fourth-order valence-electron chi connectivity index (χ4n) is 2.23. The van der Waals surface area contributed by atoms with Crippen molar-refractivity contribution in [3.05, 3.63) is 65.2 Å². The van der Waals surface area contributed by atoms with Gasteiger partial charge in [0.05, 0.1) is 11.6 Å². The molecule has 0 saturated heterocycles. The molecule has 0 bridgehead atoms. The highest BCUT2D eigenvalue weighted by molar-refractivity contribution is 8.00. The summed E-state index contributed by atoms with van der Waals surface area (Å²) < 4.78 is 4.98. The standard InChI is InChI=1S/C19H23ClN2O2S/c1-24-14-13-21-11-12-22-19(23)18(15-7-3-2-4-8-15)25-17-10-6-5-9-16(17)20/h2-10,18,21H,11-14H2,1H3,(H,22,23). The zero-order valence-corrected chi connectivity index (χ0v) is 15.8. The normalized spacial score (nSPS) is 11.9. The molecule has 0 aromatic heterocycles. The number of thioether (sulfide) groups is 1. The van der Waals surface area contributed by atoms with Gasteiger partial charge < -0.3 is 15.4 Å². The lowest BCUT2D eigenvalue weighted by molar-refractivity contribution is -0.120. The van der Waals surface area contributed by atoms with E-state index in [0.717, 1.165) is 17.0 Å². The number of halogens is 1. The van der Waals surface area contributed by atoms with E-state index >= 15 is 0 Å². The summed E-state index contributed by atoms with van der Waals surface area (Å²) in [4.78, 5) is 13.6. The molecule has 4 nitrogen and oxygen atoms in total. The van der Waals surface area contributed by atoms with Gasteiger partial charge in [0, 0.05) is 31.6 Å². The average molecular weight is 379 g/mol. The highest BCUT2D eigenvalue weighted by Gasteiger charge is 2.22. The van der Waals surface area contributed by atoms with Crippen LogP contribution in [0, 0.1) is 0 Å². The molecule has 0 fully saturated rings. The molecule has 1 unspecified atom stereocenters. The molecule has 0 heterocycles. The maximum absolute atomic E-state index is 12.7. The third-order valence-electron chi connectivity index (χ3n) is 3.51. The van der Waals surface area contributed by atoms with Crippen LogP contribution in [0.5, 0.6) is 0 Å². The van der Waals surface area contributed by atoms with Gasteiger partial charge in [0.15, 0.2) is 0 Å². The molecule has 2 rings (SSSR count). The van der Waals surface area contributed by atoms with Crippen LogP contribution in [0.1, 0.15) is 10.8 Å². The molecule has 0 radical (unpaired) electrons. The molecule has 2 aromatic rings. The van der Waals surface area contributed by atoms with Crippen LogP contribution in [0.3, 0.4) is 0 Å². The van der Waals surface area contributed by atoms with Crippen molar-refractivity contribution in [2.75, 3.05) is 33.4 Å². The van der Waals surface area contributed by atoms with Crippen LogP contribution in [0.15, 0.2) is 59.5 Å². The monoisotopic (exact) mass is 378 g/mol. The lowest BCUT2D eigenvalue weighted by Crippen LogP contribution is -2.35. The van der Waals surface area contributed by atoms with Crippen LogP contribution < -0.4 is 10.6 Å². The van der Waals surface area contributed by atoms with E-state index in [1.165, 1.54) is 11.8 Å². The molecule has 0 aliphatic heterocycles. The first kappa shape index (κ1) is 19.8. The van der Waals surface area contributed by atoms with E-state index in [-0.39, 0.29) is 11.2 Å². The fourth-order valence-corrected chi connectivity index (χ4v) is 3.58. The Morgan fingerprint density at radius 2 is 1.80 bits per heavy atom. The Balaban J connectivity index is 2.00. The van der Waals surface area contributed by atoms with Crippen molar-refractivity contribution in [1.29, 1.82) is 0 Å². The van der Waals surface area contributed by atoms with Gasteiger partial charge in [0.25, 0.3) is 0 Å². The number of rotatable bonds is 10. The molecule has 0 spiro atoms. The van der Waals surface area contributed by atoms with Crippen molar-refractivity contribution in [2.45, 2.75) is 10.1 Å². The number of carbonyl (C=O) groups excluding carboxylic acids is 1. The Morgan fingerprint density at radius 3 is 2.52 bits per heavy atom. The van der Waals surface area contributed by atoms with Crippen molar-refractivity contribution in [1.82, 2.24) is 10.6 Å². The molecule has 2 N–H and O–H groups in total. The van der Waals surface area contributed by atoms with Crippen LogP contribution in [-0.2, 0) is 9.53 Å². The second-order valence-electron chi connectivity index (χ2n) is 5.37. The van der Waals surface area contributed by atoms with Gasteiger partial charge >= 0.3 is 0 Å². The summed E-state index contributed by atoms with van der Waals surface area (Å²) in [6.07, 6.45) is 0. The Kier molecular flexibility index (Phi) is 8.83. The van der Waals surface area contributed by atoms with E-state index in [2.05, 4.69) is 10.6 Å². The van der Waals surface area contributed by atoms with Crippen molar-refractivity contribution in [2.24, 2.45) is 0 Å². The second-order valence-corrected chi connectivity index (χ2v) is 6.93. The summed E-state index contributed by atoms with van der Waals surface area (Å²) in [5, 5.41) is 6.51. The summed E-state index contributed by atoms with van der Waals surface area (Å²) in [6.45, 7) is 2.69. The van der Waals surface area contributed by atoms with E-state index in [0.29, 0.717) is 24.7 Å². The van der Waals surface area contributed by atoms with E-state index in [1.54, 1.807) is 7.11 Å². The molecule has 0 saturated carbocycles. The van der Waals surface area contributed by atoms with E-state index in [1.807, 2.05) is 54.6 Å². The average Bonchev–Trinajstić information content (AvgIpc) is 2.64. The van der Waals surface area contributed by atoms with Crippen LogP contribution in [-0.4, -0.2) is 39.3 Å². The van der Waals surface area contributed by atoms with Crippen LogP contribution in [0.4, 0.5) is 0 Å². The van der Waals surface area contributed by atoms with Crippen LogP contribution in [0.25, 0.3) is 0 Å². The smallest absolute Gasteiger partial charge is 0.238 e. The lowest BCUT2D eigenvalue weighted by atomic mass is 10.1. The summed E-state index contributed by atoms with van der Waals surface area (Å²) in [7, 11) is 1.67. The second kappa shape index (κ2) is 11.2. The maximum Gasteiger partial charge on any atom is 0.238 e. The van der Waals surface area contributed by atoms with Gasteiger partial charge in [-0.25, -0.2) is 0 Å². The van der Waals surface area contributed by atoms with E-state index in [9.17, 15) is 4.79 Å². The molecule has 0 aliphatic rings. The predicted octanol–water partition coefficient (Wildman–Crippen LogP) is 3.53. The van der Waals surface area contributed by atoms with Crippen LogP contribution in [0.2, 0.25) is 5.02 Å². The van der Waals surface area contributed by atoms with Crippen molar-refractivity contribution in [3.8, 4) is 0 Å². The first-order chi connectivity index (χ1) is 12.2. The molecule has 6 heteroatoms. The third-order valence-corrected chi connectivity index (χ3v) is 5.28. The van der Waals surface area contributed by atoms with Gasteiger partial charge in [-0.3, -0.25) is 4.79 Å². The highest BCUT2D eigenvalue weighted by Crippen LogP contribution is 2.38. The first-order valence-electron chi connectivity index (χ1n) is 8.16. The van der Waals surface area contributed by atoms with Crippen molar-refractivity contribution >= 4 is 29.3 Å². The number of ether oxygens (including phenoxy) is 1.